The molecule has 2 aromatic rings. The fourth-order valence-electron chi connectivity index (χ4n) is 2.83. The third-order valence-corrected chi connectivity index (χ3v) is 4.48. The van der Waals surface area contributed by atoms with Crippen LogP contribution in [0.5, 0.6) is 0 Å². The van der Waals surface area contributed by atoms with Crippen LogP contribution in [0.2, 0.25) is 0 Å². The standard InChI is InChI=1S/C21H28N2O2/c1-21(25,18-12-8-5-9-13-18)15-20(24)22-16-19(23(2)3)14-17-10-6-4-7-11-17/h4-13,19,25H,14-16H2,1-3H3,(H,22,24). The zero-order valence-electron chi connectivity index (χ0n) is 15.3. The van der Waals surface area contributed by atoms with Crippen molar-refractivity contribution in [1.82, 2.24) is 10.2 Å². The molecule has 0 aromatic heterocycles. The van der Waals surface area contributed by atoms with E-state index in [0.29, 0.717) is 6.54 Å². The topological polar surface area (TPSA) is 52.6 Å². The number of carbonyl (C=O) groups excluding carboxylic acids is 1. The van der Waals surface area contributed by atoms with Gasteiger partial charge in [-0.3, -0.25) is 4.79 Å². The molecule has 2 rings (SSSR count). The number of rotatable bonds is 8. The quantitative estimate of drug-likeness (QED) is 0.777. The van der Waals surface area contributed by atoms with Gasteiger partial charge in [0, 0.05) is 12.6 Å². The molecule has 2 atom stereocenters. The molecule has 0 spiro atoms. The molecular formula is C21H28N2O2. The van der Waals surface area contributed by atoms with Crippen molar-refractivity contribution in [1.29, 1.82) is 0 Å². The Morgan fingerprint density at radius 3 is 2.20 bits per heavy atom. The molecule has 2 N–H and O–H groups in total. The molecule has 4 heteroatoms. The summed E-state index contributed by atoms with van der Waals surface area (Å²) in [6, 6.07) is 19.7. The predicted molar refractivity (Wildman–Crippen MR) is 101 cm³/mol. The summed E-state index contributed by atoms with van der Waals surface area (Å²) >= 11 is 0. The number of nitrogens with zero attached hydrogens (tertiary/aromatic N) is 1. The van der Waals surface area contributed by atoms with Crippen molar-refractivity contribution >= 4 is 5.91 Å². The molecule has 25 heavy (non-hydrogen) atoms. The lowest BCUT2D eigenvalue weighted by Crippen LogP contribution is -2.43. The van der Waals surface area contributed by atoms with Crippen LogP contribution in [-0.2, 0) is 16.8 Å². The van der Waals surface area contributed by atoms with Crippen LogP contribution in [0, 0.1) is 0 Å². The molecule has 0 radical (unpaired) electrons. The number of nitrogens with one attached hydrogen (secondary N) is 1. The highest BCUT2D eigenvalue weighted by Gasteiger charge is 2.26. The van der Waals surface area contributed by atoms with Crippen molar-refractivity contribution in [3.05, 3.63) is 71.8 Å². The maximum absolute atomic E-state index is 12.3. The van der Waals surface area contributed by atoms with Gasteiger partial charge in [0.1, 0.15) is 0 Å². The fourth-order valence-corrected chi connectivity index (χ4v) is 2.83. The van der Waals surface area contributed by atoms with Gasteiger partial charge in [-0.1, -0.05) is 60.7 Å². The highest BCUT2D eigenvalue weighted by Crippen LogP contribution is 2.23. The normalized spacial score (nSPS) is 14.8. The lowest BCUT2D eigenvalue weighted by Gasteiger charge is -2.27. The Labute approximate surface area is 150 Å². The van der Waals surface area contributed by atoms with E-state index >= 15 is 0 Å². The Kier molecular flexibility index (Phi) is 6.73. The Balaban J connectivity index is 1.90. The minimum absolute atomic E-state index is 0.0441. The lowest BCUT2D eigenvalue weighted by atomic mass is 9.92. The van der Waals surface area contributed by atoms with E-state index in [0.717, 1.165) is 12.0 Å². The van der Waals surface area contributed by atoms with Crippen LogP contribution in [0.15, 0.2) is 60.7 Å². The molecular weight excluding hydrogens is 312 g/mol. The minimum Gasteiger partial charge on any atom is -0.385 e. The lowest BCUT2D eigenvalue weighted by molar-refractivity contribution is -0.126. The van der Waals surface area contributed by atoms with Gasteiger partial charge < -0.3 is 15.3 Å². The van der Waals surface area contributed by atoms with Gasteiger partial charge in [-0.25, -0.2) is 0 Å². The predicted octanol–water partition coefficient (Wildman–Crippen LogP) is 2.57. The number of hydrogen-bond donors (Lipinski definition) is 2. The first-order valence-corrected chi connectivity index (χ1v) is 8.63. The van der Waals surface area contributed by atoms with Crippen molar-refractivity contribution in [3.63, 3.8) is 0 Å². The molecule has 0 bridgehead atoms. The first kappa shape index (κ1) is 19.2. The third-order valence-electron chi connectivity index (χ3n) is 4.48. The van der Waals surface area contributed by atoms with Gasteiger partial charge in [0.2, 0.25) is 5.91 Å². The van der Waals surface area contributed by atoms with Crippen LogP contribution in [0.25, 0.3) is 0 Å². The van der Waals surface area contributed by atoms with Crippen LogP contribution < -0.4 is 5.32 Å². The molecule has 0 saturated carbocycles. The highest BCUT2D eigenvalue weighted by atomic mass is 16.3. The summed E-state index contributed by atoms with van der Waals surface area (Å²) in [6.07, 6.45) is 0.908. The van der Waals surface area contributed by atoms with Gasteiger partial charge in [-0.05, 0) is 38.6 Å². The molecule has 2 aromatic carbocycles. The van der Waals surface area contributed by atoms with E-state index in [1.165, 1.54) is 5.56 Å². The average molecular weight is 340 g/mol. The number of aliphatic hydroxyl groups is 1. The maximum Gasteiger partial charge on any atom is 0.223 e. The van der Waals surface area contributed by atoms with E-state index in [9.17, 15) is 9.90 Å². The van der Waals surface area contributed by atoms with Crippen LogP contribution in [-0.4, -0.2) is 42.6 Å². The van der Waals surface area contributed by atoms with Crippen molar-refractivity contribution in [2.45, 2.75) is 31.4 Å². The first-order chi connectivity index (χ1) is 11.9. The van der Waals surface area contributed by atoms with Gasteiger partial charge in [-0.15, -0.1) is 0 Å². The Morgan fingerprint density at radius 1 is 1.08 bits per heavy atom. The second kappa shape index (κ2) is 8.79. The van der Waals surface area contributed by atoms with Gasteiger partial charge >= 0.3 is 0 Å². The summed E-state index contributed by atoms with van der Waals surface area (Å²) in [5.74, 6) is -0.145. The average Bonchev–Trinajstić information content (AvgIpc) is 2.59. The SMILES string of the molecule is CN(C)C(CNC(=O)CC(C)(O)c1ccccc1)Cc1ccccc1. The van der Waals surface area contributed by atoms with Crippen molar-refractivity contribution in [2.24, 2.45) is 0 Å². The summed E-state index contributed by atoms with van der Waals surface area (Å²) < 4.78 is 0. The zero-order valence-corrected chi connectivity index (χ0v) is 15.3. The smallest absolute Gasteiger partial charge is 0.223 e. The van der Waals surface area contributed by atoms with Crippen LogP contribution >= 0.6 is 0 Å². The third kappa shape index (κ3) is 6.00. The second-order valence-corrected chi connectivity index (χ2v) is 6.93. The van der Waals surface area contributed by atoms with Crippen LogP contribution in [0.1, 0.15) is 24.5 Å². The van der Waals surface area contributed by atoms with E-state index in [4.69, 9.17) is 0 Å². The second-order valence-electron chi connectivity index (χ2n) is 6.93. The Morgan fingerprint density at radius 2 is 1.64 bits per heavy atom. The fraction of sp³-hybridized carbons (Fsp3) is 0.381. The molecule has 0 aliphatic rings. The van der Waals surface area contributed by atoms with E-state index < -0.39 is 5.60 Å². The Hall–Kier alpha value is -2.17. The van der Waals surface area contributed by atoms with Gasteiger partial charge in [0.15, 0.2) is 0 Å². The molecule has 1 amide bonds. The van der Waals surface area contributed by atoms with E-state index in [2.05, 4.69) is 22.3 Å². The van der Waals surface area contributed by atoms with Crippen LogP contribution in [0.3, 0.4) is 0 Å². The molecule has 0 aliphatic heterocycles. The summed E-state index contributed by atoms with van der Waals surface area (Å²) in [6.45, 7) is 2.22. The molecule has 134 valence electrons. The van der Waals surface area contributed by atoms with Gasteiger partial charge in [0.25, 0.3) is 0 Å². The molecule has 0 saturated heterocycles. The number of likely N-dealkylation sites (N-methyl/N-ethyl adjacent to an activating group) is 1. The number of hydrogen-bond acceptors (Lipinski definition) is 3. The van der Waals surface area contributed by atoms with Gasteiger partial charge in [0.05, 0.1) is 12.0 Å². The van der Waals surface area contributed by atoms with E-state index in [-0.39, 0.29) is 18.4 Å². The summed E-state index contributed by atoms with van der Waals surface area (Å²) in [7, 11) is 4.03. The van der Waals surface area contributed by atoms with E-state index in [1.807, 2.05) is 62.6 Å². The van der Waals surface area contributed by atoms with Crippen molar-refractivity contribution in [3.8, 4) is 0 Å². The van der Waals surface area contributed by atoms with E-state index in [1.54, 1.807) is 6.92 Å². The monoisotopic (exact) mass is 340 g/mol. The zero-order chi connectivity index (χ0) is 18.3. The summed E-state index contributed by atoms with van der Waals surface area (Å²) in [5, 5.41) is 13.6. The highest BCUT2D eigenvalue weighted by molar-refractivity contribution is 5.77. The molecule has 0 aliphatic carbocycles. The largest absolute Gasteiger partial charge is 0.385 e. The molecule has 4 nitrogen and oxygen atoms in total. The molecule has 0 heterocycles. The number of carbonyl (C=O) groups is 1. The Bertz CT molecular complexity index is 654. The summed E-state index contributed by atoms with van der Waals surface area (Å²) in [4.78, 5) is 14.4. The van der Waals surface area contributed by atoms with Crippen molar-refractivity contribution < 1.29 is 9.90 Å². The number of amides is 1. The van der Waals surface area contributed by atoms with Gasteiger partial charge in [-0.2, -0.15) is 0 Å². The van der Waals surface area contributed by atoms with Crippen molar-refractivity contribution in [2.75, 3.05) is 20.6 Å². The summed E-state index contributed by atoms with van der Waals surface area (Å²) in [5.41, 5.74) is 0.823. The maximum atomic E-state index is 12.3. The minimum atomic E-state index is -1.17. The van der Waals surface area contributed by atoms with Crippen LogP contribution in [0.4, 0.5) is 0 Å². The molecule has 2 unspecified atom stereocenters. The first-order valence-electron chi connectivity index (χ1n) is 8.63. The number of benzene rings is 2. The molecule has 0 fully saturated rings.